The Bertz CT molecular complexity index is 397. The minimum absolute atomic E-state index is 0.0517. The van der Waals surface area contributed by atoms with E-state index in [0.29, 0.717) is 12.2 Å². The molecule has 2 aliphatic rings. The van der Waals surface area contributed by atoms with Crippen molar-refractivity contribution in [1.29, 1.82) is 0 Å². The highest BCUT2D eigenvalue weighted by Crippen LogP contribution is 2.29. The first-order chi connectivity index (χ1) is 8.81. The highest BCUT2D eigenvalue weighted by molar-refractivity contribution is 5.31. The zero-order valence-electron chi connectivity index (χ0n) is 10.7. The lowest BCUT2D eigenvalue weighted by molar-refractivity contribution is 0.0983. The number of hydrogen-bond acceptors (Lipinski definition) is 3. The normalized spacial score (nSPS) is 25.1. The first kappa shape index (κ1) is 12.0. The van der Waals surface area contributed by atoms with Crippen LogP contribution in [0.4, 0.5) is 0 Å². The predicted molar refractivity (Wildman–Crippen MR) is 70.6 cm³/mol. The molecule has 1 aliphatic heterocycles. The zero-order chi connectivity index (χ0) is 12.4. The molecular formula is C15H21NO2. The van der Waals surface area contributed by atoms with Crippen LogP contribution in [0.1, 0.15) is 43.7 Å². The molecule has 0 bridgehead atoms. The molecule has 2 fully saturated rings. The van der Waals surface area contributed by atoms with Gasteiger partial charge in [-0.05, 0) is 49.8 Å². The fourth-order valence-electron chi connectivity index (χ4n) is 2.45. The number of rotatable bonds is 5. The van der Waals surface area contributed by atoms with Crippen molar-refractivity contribution in [2.75, 3.05) is 6.61 Å². The molecule has 2 atom stereocenters. The van der Waals surface area contributed by atoms with Gasteiger partial charge >= 0.3 is 0 Å². The van der Waals surface area contributed by atoms with E-state index in [0.717, 1.165) is 30.8 Å². The van der Waals surface area contributed by atoms with Crippen molar-refractivity contribution >= 4 is 0 Å². The number of nitrogens with two attached hydrogens (primary N) is 1. The monoisotopic (exact) mass is 247 g/mol. The summed E-state index contributed by atoms with van der Waals surface area (Å²) in [6, 6.07) is 8.26. The van der Waals surface area contributed by atoms with E-state index in [9.17, 15) is 0 Å². The molecule has 3 nitrogen and oxygen atoms in total. The van der Waals surface area contributed by atoms with Gasteiger partial charge in [-0.1, -0.05) is 12.1 Å². The smallest absolute Gasteiger partial charge is 0.120 e. The third-order valence-electron chi connectivity index (χ3n) is 3.65. The number of ether oxygens (including phenoxy) is 2. The van der Waals surface area contributed by atoms with Crippen LogP contribution in [0.2, 0.25) is 0 Å². The molecule has 1 aliphatic carbocycles. The van der Waals surface area contributed by atoms with Crippen LogP contribution in [0.5, 0.6) is 5.75 Å². The fraction of sp³-hybridized carbons (Fsp3) is 0.600. The van der Waals surface area contributed by atoms with E-state index < -0.39 is 0 Å². The molecule has 1 aromatic rings. The predicted octanol–water partition coefficient (Wildman–Crippen LogP) is 2.80. The Hall–Kier alpha value is -1.06. The van der Waals surface area contributed by atoms with Crippen molar-refractivity contribution in [3.63, 3.8) is 0 Å². The largest absolute Gasteiger partial charge is 0.490 e. The van der Waals surface area contributed by atoms with Gasteiger partial charge in [0.1, 0.15) is 5.75 Å². The highest BCUT2D eigenvalue weighted by Gasteiger charge is 2.24. The summed E-state index contributed by atoms with van der Waals surface area (Å²) in [6.45, 7) is 0.891. The summed E-state index contributed by atoms with van der Waals surface area (Å²) in [5.74, 6) is 0.956. The zero-order valence-corrected chi connectivity index (χ0v) is 10.7. The summed E-state index contributed by atoms with van der Waals surface area (Å²) in [5.41, 5.74) is 7.41. The Morgan fingerprint density at radius 1 is 1.33 bits per heavy atom. The molecule has 1 saturated carbocycles. The number of benzene rings is 1. The Kier molecular flexibility index (Phi) is 3.52. The summed E-state index contributed by atoms with van der Waals surface area (Å²) < 4.78 is 11.4. The topological polar surface area (TPSA) is 44.5 Å². The van der Waals surface area contributed by atoms with Crippen molar-refractivity contribution in [3.05, 3.63) is 29.8 Å². The molecule has 2 unspecified atom stereocenters. The Labute approximate surface area is 108 Å². The molecule has 0 aromatic heterocycles. The van der Waals surface area contributed by atoms with E-state index in [1.807, 2.05) is 12.1 Å². The molecule has 0 spiro atoms. The maximum atomic E-state index is 6.25. The second-order valence-corrected chi connectivity index (χ2v) is 5.37. The van der Waals surface area contributed by atoms with Gasteiger partial charge in [0.05, 0.1) is 12.2 Å². The number of hydrogen-bond donors (Lipinski definition) is 1. The van der Waals surface area contributed by atoms with E-state index in [1.54, 1.807) is 0 Å². The van der Waals surface area contributed by atoms with Gasteiger partial charge in [0.25, 0.3) is 0 Å². The molecule has 0 amide bonds. The van der Waals surface area contributed by atoms with Crippen LogP contribution in [-0.2, 0) is 4.74 Å². The van der Waals surface area contributed by atoms with Crippen molar-refractivity contribution < 1.29 is 9.47 Å². The average molecular weight is 247 g/mol. The van der Waals surface area contributed by atoms with E-state index in [1.165, 1.54) is 19.3 Å². The van der Waals surface area contributed by atoms with Gasteiger partial charge in [0, 0.05) is 12.6 Å². The second kappa shape index (κ2) is 5.29. The maximum Gasteiger partial charge on any atom is 0.120 e. The van der Waals surface area contributed by atoms with Crippen LogP contribution in [-0.4, -0.2) is 18.8 Å². The summed E-state index contributed by atoms with van der Waals surface area (Å²) in [6.07, 6.45) is 6.38. The minimum atomic E-state index is 0.0517. The molecule has 1 heterocycles. The first-order valence-electron chi connectivity index (χ1n) is 6.95. The molecule has 98 valence electrons. The molecule has 3 rings (SSSR count). The summed E-state index contributed by atoms with van der Waals surface area (Å²) >= 11 is 0. The summed E-state index contributed by atoms with van der Waals surface area (Å²) in [4.78, 5) is 0. The van der Waals surface area contributed by atoms with Gasteiger partial charge in [-0.3, -0.25) is 0 Å². The molecule has 2 N–H and O–H groups in total. The Morgan fingerprint density at radius 2 is 2.22 bits per heavy atom. The van der Waals surface area contributed by atoms with Crippen molar-refractivity contribution in [3.8, 4) is 5.75 Å². The summed E-state index contributed by atoms with van der Waals surface area (Å²) in [7, 11) is 0. The second-order valence-electron chi connectivity index (χ2n) is 5.37. The molecular weight excluding hydrogens is 226 g/mol. The Balaban J connectivity index is 1.62. The van der Waals surface area contributed by atoms with Crippen molar-refractivity contribution in [2.45, 2.75) is 50.4 Å². The highest BCUT2D eigenvalue weighted by atomic mass is 16.5. The van der Waals surface area contributed by atoms with Gasteiger partial charge in [-0.15, -0.1) is 0 Å². The molecule has 0 radical (unpaired) electrons. The first-order valence-corrected chi connectivity index (χ1v) is 6.95. The lowest BCUT2D eigenvalue weighted by Crippen LogP contribution is -2.18. The van der Waals surface area contributed by atoms with Crippen LogP contribution in [0.15, 0.2) is 24.3 Å². The standard InChI is InChI=1S/C15H21NO2/c16-15(10-13-5-2-8-17-13)11-3-1-4-14(9-11)18-12-6-7-12/h1,3-4,9,12-13,15H,2,5-8,10,16H2. The van der Waals surface area contributed by atoms with Crippen molar-refractivity contribution in [1.82, 2.24) is 0 Å². The quantitative estimate of drug-likeness (QED) is 0.870. The maximum absolute atomic E-state index is 6.25. The van der Waals surface area contributed by atoms with Crippen LogP contribution in [0, 0.1) is 0 Å². The van der Waals surface area contributed by atoms with Crippen LogP contribution in [0.3, 0.4) is 0 Å². The van der Waals surface area contributed by atoms with Crippen LogP contribution < -0.4 is 10.5 Å². The molecule has 1 saturated heterocycles. The van der Waals surface area contributed by atoms with Gasteiger partial charge in [0.2, 0.25) is 0 Å². The van der Waals surface area contributed by atoms with Gasteiger partial charge in [-0.2, -0.15) is 0 Å². The van der Waals surface area contributed by atoms with Gasteiger partial charge in [0.15, 0.2) is 0 Å². The van der Waals surface area contributed by atoms with Gasteiger partial charge < -0.3 is 15.2 Å². The van der Waals surface area contributed by atoms with E-state index >= 15 is 0 Å². The van der Waals surface area contributed by atoms with Crippen molar-refractivity contribution in [2.24, 2.45) is 5.73 Å². The SMILES string of the molecule is NC(CC1CCCO1)c1cccc(OC2CC2)c1. The molecule has 18 heavy (non-hydrogen) atoms. The summed E-state index contributed by atoms with van der Waals surface area (Å²) in [5, 5.41) is 0. The van der Waals surface area contributed by atoms with Gasteiger partial charge in [-0.25, -0.2) is 0 Å². The fourth-order valence-corrected chi connectivity index (χ4v) is 2.45. The van der Waals surface area contributed by atoms with E-state index in [2.05, 4.69) is 12.1 Å². The van der Waals surface area contributed by atoms with Crippen LogP contribution in [0.25, 0.3) is 0 Å². The van der Waals surface area contributed by atoms with E-state index in [-0.39, 0.29) is 6.04 Å². The van der Waals surface area contributed by atoms with E-state index in [4.69, 9.17) is 15.2 Å². The Morgan fingerprint density at radius 3 is 2.94 bits per heavy atom. The van der Waals surface area contributed by atoms with Crippen LogP contribution >= 0.6 is 0 Å². The lowest BCUT2D eigenvalue weighted by atomic mass is 10.00. The lowest BCUT2D eigenvalue weighted by Gasteiger charge is -2.17. The minimum Gasteiger partial charge on any atom is -0.490 e. The third kappa shape index (κ3) is 3.03. The molecule has 3 heteroatoms. The molecule has 1 aromatic carbocycles. The average Bonchev–Trinajstić information content (AvgIpc) is 3.04. The third-order valence-corrected chi connectivity index (χ3v) is 3.65.